The van der Waals surface area contributed by atoms with Gasteiger partial charge < -0.3 is 9.47 Å². The summed E-state index contributed by atoms with van der Waals surface area (Å²) >= 11 is 1.24. The molecule has 0 saturated heterocycles. The minimum atomic E-state index is -3.06. The van der Waals surface area contributed by atoms with Crippen LogP contribution in [0.3, 0.4) is 0 Å². The van der Waals surface area contributed by atoms with Crippen LogP contribution < -0.4 is 0 Å². The van der Waals surface area contributed by atoms with Crippen LogP contribution >= 0.6 is 18.2 Å². The lowest BCUT2D eigenvalue weighted by molar-refractivity contribution is 0.0858. The molecule has 0 aliphatic rings. The Hall–Kier alpha value is 0.420. The first-order valence-electron chi connectivity index (χ1n) is 6.37. The van der Waals surface area contributed by atoms with Crippen molar-refractivity contribution in [2.45, 2.75) is 27.2 Å². The van der Waals surface area contributed by atoms with Gasteiger partial charge in [-0.2, -0.15) is 0 Å². The van der Waals surface area contributed by atoms with Gasteiger partial charge in [-0.3, -0.25) is 9.05 Å². The highest BCUT2D eigenvalue weighted by atomic mass is 32.7. The van der Waals surface area contributed by atoms with Crippen LogP contribution in [0.25, 0.3) is 0 Å². The van der Waals surface area contributed by atoms with Crippen molar-refractivity contribution in [2.24, 2.45) is 0 Å². The Morgan fingerprint density at radius 3 is 1.78 bits per heavy atom. The molecule has 0 aromatic heterocycles. The van der Waals surface area contributed by atoms with Gasteiger partial charge in [0.1, 0.15) is 0 Å². The van der Waals surface area contributed by atoms with E-state index in [-0.39, 0.29) is 13.2 Å². The van der Waals surface area contributed by atoms with E-state index in [1.165, 1.54) is 11.4 Å². The average Bonchev–Trinajstić information content (AvgIpc) is 2.38. The van der Waals surface area contributed by atoms with Crippen molar-refractivity contribution in [2.75, 3.05) is 45.4 Å². The molecule has 0 radical (unpaired) electrons. The molecule has 0 atom stereocenters. The van der Waals surface area contributed by atoms with Crippen LogP contribution in [0.5, 0.6) is 0 Å². The molecule has 18 heavy (non-hydrogen) atoms. The van der Waals surface area contributed by atoms with Gasteiger partial charge in [0.25, 0.3) is 0 Å². The van der Waals surface area contributed by atoms with Gasteiger partial charge in [0.15, 0.2) is 0 Å². The number of ether oxygens (including phenoxy) is 2. The smallest absolute Gasteiger partial charge is 0.379 e. The maximum absolute atomic E-state index is 12.3. The molecule has 0 N–H and O–H groups in total. The summed E-state index contributed by atoms with van der Waals surface area (Å²) in [6, 6.07) is 0. The molecule has 0 bridgehead atoms. The largest absolute Gasteiger partial charge is 0.389 e. The average molecular weight is 300 g/mol. The highest BCUT2D eigenvalue weighted by Crippen LogP contribution is 2.60. The first kappa shape index (κ1) is 18.4. The molecule has 0 aliphatic carbocycles. The van der Waals surface area contributed by atoms with Crippen LogP contribution in [0.2, 0.25) is 0 Å². The van der Waals surface area contributed by atoms with Gasteiger partial charge >= 0.3 is 6.80 Å². The molecule has 110 valence electrons. The third kappa shape index (κ3) is 10.4. The third-order valence-electron chi connectivity index (χ3n) is 1.82. The molecule has 0 rings (SSSR count). The van der Waals surface area contributed by atoms with Gasteiger partial charge in [-0.15, -0.1) is 0 Å². The highest BCUT2D eigenvalue weighted by Gasteiger charge is 2.24. The molecular weight excluding hydrogens is 275 g/mol. The maximum Gasteiger partial charge on any atom is 0.389 e. The predicted octanol–water partition coefficient (Wildman–Crippen LogP) is 3.34. The molecule has 0 heterocycles. The summed E-state index contributed by atoms with van der Waals surface area (Å²) in [4.78, 5) is 0. The van der Waals surface area contributed by atoms with Crippen molar-refractivity contribution in [1.29, 1.82) is 0 Å². The molecule has 0 spiro atoms. The maximum atomic E-state index is 12.3. The van der Waals surface area contributed by atoms with E-state index in [2.05, 4.69) is 0 Å². The SMILES string of the molecule is CCCSP(=O)(OCCOCC)OCCOCC. The molecule has 0 fully saturated rings. The molecule has 5 nitrogen and oxygen atoms in total. The second-order valence-corrected chi connectivity index (χ2v) is 7.53. The summed E-state index contributed by atoms with van der Waals surface area (Å²) in [5.74, 6) is 0.751. The van der Waals surface area contributed by atoms with Gasteiger partial charge in [0, 0.05) is 19.0 Å². The van der Waals surface area contributed by atoms with E-state index < -0.39 is 6.80 Å². The third-order valence-corrected chi connectivity index (χ3v) is 5.85. The lowest BCUT2D eigenvalue weighted by Gasteiger charge is -2.17. The van der Waals surface area contributed by atoms with E-state index in [0.717, 1.165) is 12.2 Å². The lowest BCUT2D eigenvalue weighted by Crippen LogP contribution is -2.06. The van der Waals surface area contributed by atoms with Crippen molar-refractivity contribution in [3.05, 3.63) is 0 Å². The fourth-order valence-electron chi connectivity index (χ4n) is 1.02. The highest BCUT2D eigenvalue weighted by molar-refractivity contribution is 8.55. The standard InChI is InChI=1S/C11H25O5PS/c1-4-11-18-17(12,15-9-7-13-5-2)16-10-8-14-6-3/h4-11H2,1-3H3. The zero-order valence-corrected chi connectivity index (χ0v) is 13.3. The Morgan fingerprint density at radius 1 is 0.889 bits per heavy atom. The second-order valence-electron chi connectivity index (χ2n) is 3.34. The van der Waals surface area contributed by atoms with Crippen molar-refractivity contribution in [3.63, 3.8) is 0 Å². The number of hydrogen-bond acceptors (Lipinski definition) is 6. The summed E-state index contributed by atoms with van der Waals surface area (Å²) in [7, 11) is 0. The Kier molecular flexibility index (Phi) is 12.7. The summed E-state index contributed by atoms with van der Waals surface area (Å²) in [5.41, 5.74) is 0. The van der Waals surface area contributed by atoms with Crippen molar-refractivity contribution < 1.29 is 23.1 Å². The van der Waals surface area contributed by atoms with Crippen LogP contribution in [0.15, 0.2) is 0 Å². The summed E-state index contributed by atoms with van der Waals surface area (Å²) in [6.45, 7) is 5.47. The summed E-state index contributed by atoms with van der Waals surface area (Å²) in [6.07, 6.45) is 0.929. The first-order chi connectivity index (χ1) is 8.68. The van der Waals surface area contributed by atoms with Gasteiger partial charge in [-0.05, 0) is 31.7 Å². The Morgan fingerprint density at radius 2 is 1.39 bits per heavy atom. The predicted molar refractivity (Wildman–Crippen MR) is 75.2 cm³/mol. The van der Waals surface area contributed by atoms with Crippen LogP contribution in [-0.4, -0.2) is 45.4 Å². The topological polar surface area (TPSA) is 54.0 Å². The molecule has 0 unspecified atom stereocenters. The minimum Gasteiger partial charge on any atom is -0.379 e. The number of hydrogen-bond donors (Lipinski definition) is 0. The molecular formula is C11H25O5PS. The normalized spacial score (nSPS) is 11.9. The summed E-state index contributed by atoms with van der Waals surface area (Å²) in [5, 5.41) is 0. The molecule has 0 saturated carbocycles. The van der Waals surface area contributed by atoms with Crippen LogP contribution in [0.4, 0.5) is 0 Å². The molecule has 0 amide bonds. The van der Waals surface area contributed by atoms with Crippen LogP contribution in [0.1, 0.15) is 27.2 Å². The van der Waals surface area contributed by atoms with Crippen molar-refractivity contribution in [3.8, 4) is 0 Å². The molecule has 7 heteroatoms. The summed E-state index contributed by atoms with van der Waals surface area (Å²) < 4.78 is 33.2. The quantitative estimate of drug-likeness (QED) is 0.384. The van der Waals surface area contributed by atoms with Crippen molar-refractivity contribution >= 4 is 18.2 Å². The van der Waals surface area contributed by atoms with Crippen molar-refractivity contribution in [1.82, 2.24) is 0 Å². The fourth-order valence-corrected chi connectivity index (χ4v) is 4.36. The van der Waals surface area contributed by atoms with E-state index >= 15 is 0 Å². The minimum absolute atomic E-state index is 0.288. The van der Waals surface area contributed by atoms with Gasteiger partial charge in [-0.1, -0.05) is 6.92 Å². The Balaban J connectivity index is 3.95. The molecule has 0 aromatic rings. The van der Waals surface area contributed by atoms with E-state index in [4.69, 9.17) is 18.5 Å². The Labute approximate surface area is 114 Å². The van der Waals surface area contributed by atoms with E-state index in [1.54, 1.807) is 0 Å². The Bertz CT molecular complexity index is 211. The fraction of sp³-hybridized carbons (Fsp3) is 1.00. The van der Waals surface area contributed by atoms with E-state index in [0.29, 0.717) is 26.4 Å². The lowest BCUT2D eigenvalue weighted by atomic mass is 10.6. The van der Waals surface area contributed by atoms with Crippen LogP contribution in [-0.2, 0) is 23.1 Å². The molecule has 0 aliphatic heterocycles. The van der Waals surface area contributed by atoms with Gasteiger partial charge in [0.2, 0.25) is 0 Å². The van der Waals surface area contributed by atoms with Gasteiger partial charge in [-0.25, -0.2) is 4.57 Å². The number of rotatable bonds is 13. The molecule has 0 aromatic carbocycles. The van der Waals surface area contributed by atoms with Crippen LogP contribution in [0, 0.1) is 0 Å². The first-order valence-corrected chi connectivity index (χ1v) is 9.51. The van der Waals surface area contributed by atoms with E-state index in [9.17, 15) is 4.57 Å². The second kappa shape index (κ2) is 12.5. The van der Waals surface area contributed by atoms with E-state index in [1.807, 2.05) is 20.8 Å². The monoisotopic (exact) mass is 300 g/mol. The zero-order chi connectivity index (χ0) is 13.7. The zero-order valence-electron chi connectivity index (χ0n) is 11.6. The van der Waals surface area contributed by atoms with Gasteiger partial charge in [0.05, 0.1) is 26.4 Å².